The molecule has 2 N–H and O–H groups in total. The molecule has 35 heavy (non-hydrogen) atoms. The number of ether oxygens (including phenoxy) is 1. The molecular weight excluding hydrogens is 482 g/mol. The van der Waals surface area contributed by atoms with Crippen molar-refractivity contribution < 1.29 is 23.4 Å². The summed E-state index contributed by atoms with van der Waals surface area (Å²) in [5.41, 5.74) is 0.506. The predicted octanol–water partition coefficient (Wildman–Crippen LogP) is 3.68. The summed E-state index contributed by atoms with van der Waals surface area (Å²) in [5, 5.41) is 12.8. The first-order valence-electron chi connectivity index (χ1n) is 10.7. The van der Waals surface area contributed by atoms with Crippen LogP contribution in [0.5, 0.6) is 5.88 Å². The number of hydrogen-bond acceptors (Lipinski definition) is 6. The molecule has 4 rings (SSSR count). The average molecular weight is 505 g/mol. The zero-order chi connectivity index (χ0) is 25.3. The topological polar surface area (TPSA) is 96.7 Å². The van der Waals surface area contributed by atoms with E-state index in [4.69, 9.17) is 16.3 Å². The lowest BCUT2D eigenvalue weighted by molar-refractivity contribution is -0.122. The fraction of sp³-hybridized carbons (Fsp3) is 0.292. The Labute approximate surface area is 204 Å². The second-order valence-corrected chi connectivity index (χ2v) is 9.20. The lowest BCUT2D eigenvalue weighted by Crippen LogP contribution is -2.36. The van der Waals surface area contributed by atoms with Gasteiger partial charge in [0.05, 0.1) is 36.6 Å². The fourth-order valence-electron chi connectivity index (χ4n) is 3.63. The van der Waals surface area contributed by atoms with Crippen LogP contribution >= 0.6 is 11.6 Å². The summed E-state index contributed by atoms with van der Waals surface area (Å²) in [7, 11) is 0. The highest BCUT2D eigenvalue weighted by atomic mass is 35.5. The summed E-state index contributed by atoms with van der Waals surface area (Å²) in [5.74, 6) is -1.90. The third-order valence-corrected chi connectivity index (χ3v) is 5.67. The Balaban J connectivity index is 1.50. The van der Waals surface area contributed by atoms with Gasteiger partial charge in [-0.3, -0.25) is 19.1 Å². The van der Waals surface area contributed by atoms with Gasteiger partial charge in [-0.05, 0) is 43.7 Å². The van der Waals surface area contributed by atoms with Crippen molar-refractivity contribution in [2.24, 2.45) is 0 Å². The molecule has 2 aromatic carbocycles. The highest BCUT2D eigenvalue weighted by Crippen LogP contribution is 2.33. The third kappa shape index (κ3) is 5.60. The lowest BCUT2D eigenvalue weighted by Gasteiger charge is -2.22. The number of carbonyl (C=O) groups excluding carboxylic acids is 1. The molecule has 0 atom stereocenters. The smallest absolute Gasteiger partial charge is 0.276 e. The van der Waals surface area contributed by atoms with Crippen molar-refractivity contribution >= 4 is 28.9 Å². The highest BCUT2D eigenvalue weighted by molar-refractivity contribution is 6.31. The number of benzene rings is 2. The van der Waals surface area contributed by atoms with E-state index in [1.165, 1.54) is 21.9 Å². The molecule has 0 unspecified atom stereocenters. The van der Waals surface area contributed by atoms with E-state index < -0.39 is 22.8 Å². The second-order valence-electron chi connectivity index (χ2n) is 8.82. The maximum absolute atomic E-state index is 13.8. The Hall–Kier alpha value is -3.50. The van der Waals surface area contributed by atoms with E-state index in [-0.39, 0.29) is 48.6 Å². The maximum Gasteiger partial charge on any atom is 0.276 e. The summed E-state index contributed by atoms with van der Waals surface area (Å²) >= 11 is 6.15. The monoisotopic (exact) mass is 504 g/mol. The predicted molar refractivity (Wildman–Crippen MR) is 127 cm³/mol. The van der Waals surface area contributed by atoms with Crippen molar-refractivity contribution in [2.75, 3.05) is 16.9 Å². The van der Waals surface area contributed by atoms with Gasteiger partial charge in [0.1, 0.15) is 24.6 Å². The molecule has 1 amide bonds. The zero-order valence-corrected chi connectivity index (χ0v) is 19.8. The molecule has 1 aromatic heterocycles. The number of carbonyl (C=O) groups is 1. The number of nitrogens with one attached hydrogen (secondary N) is 1. The first kappa shape index (κ1) is 24.6. The van der Waals surface area contributed by atoms with Crippen LogP contribution < -0.4 is 20.5 Å². The lowest BCUT2D eigenvalue weighted by atomic mass is 10.0. The zero-order valence-electron chi connectivity index (χ0n) is 19.0. The van der Waals surface area contributed by atoms with Crippen molar-refractivity contribution in [2.45, 2.75) is 39.0 Å². The van der Waals surface area contributed by atoms with Gasteiger partial charge in [-0.25, -0.2) is 13.8 Å². The molecule has 0 radical (unpaired) electrons. The number of aliphatic hydroxyl groups is 1. The minimum absolute atomic E-state index is 0.0411. The van der Waals surface area contributed by atoms with Gasteiger partial charge >= 0.3 is 0 Å². The molecule has 0 saturated carbocycles. The Bertz CT molecular complexity index is 1340. The van der Waals surface area contributed by atoms with Gasteiger partial charge in [-0.1, -0.05) is 17.7 Å². The first-order chi connectivity index (χ1) is 16.5. The average Bonchev–Trinajstić information content (AvgIpc) is 3.20. The van der Waals surface area contributed by atoms with Gasteiger partial charge in [-0.15, -0.1) is 0 Å². The molecule has 0 bridgehead atoms. The normalized spacial score (nSPS) is 12.9. The summed E-state index contributed by atoms with van der Waals surface area (Å²) in [4.78, 5) is 31.0. The Kier molecular flexibility index (Phi) is 6.77. The number of amides is 1. The summed E-state index contributed by atoms with van der Waals surface area (Å²) in [6, 6.07) is 8.45. The molecule has 1 aliphatic rings. The van der Waals surface area contributed by atoms with Crippen LogP contribution in [0.1, 0.15) is 31.4 Å². The van der Waals surface area contributed by atoms with Crippen molar-refractivity contribution in [1.29, 1.82) is 0 Å². The van der Waals surface area contributed by atoms with Gasteiger partial charge < -0.3 is 15.2 Å². The number of nitrogens with zero attached hydrogens (tertiary/aromatic N) is 3. The third-order valence-electron chi connectivity index (χ3n) is 5.35. The van der Waals surface area contributed by atoms with Gasteiger partial charge in [0, 0.05) is 11.6 Å². The van der Waals surface area contributed by atoms with Crippen LogP contribution in [0.25, 0.3) is 0 Å². The largest absolute Gasteiger partial charge is 0.471 e. The van der Waals surface area contributed by atoms with Gasteiger partial charge in [-0.2, -0.15) is 0 Å². The van der Waals surface area contributed by atoms with Crippen LogP contribution in [0, 0.1) is 11.6 Å². The second kappa shape index (κ2) is 9.63. The van der Waals surface area contributed by atoms with E-state index in [1.807, 2.05) is 0 Å². The number of fused-ring (bicyclic) bond motifs is 1. The van der Waals surface area contributed by atoms with E-state index in [2.05, 4.69) is 10.3 Å². The number of aromatic nitrogens is 2. The van der Waals surface area contributed by atoms with E-state index in [9.17, 15) is 23.5 Å². The van der Waals surface area contributed by atoms with E-state index in [1.54, 1.807) is 32.0 Å². The van der Waals surface area contributed by atoms with Crippen LogP contribution in [0.3, 0.4) is 0 Å². The van der Waals surface area contributed by atoms with Gasteiger partial charge in [0.25, 0.3) is 5.56 Å². The van der Waals surface area contributed by atoms with Crippen LogP contribution in [0.2, 0.25) is 5.02 Å². The summed E-state index contributed by atoms with van der Waals surface area (Å²) < 4.78 is 33.5. The molecule has 11 heteroatoms. The Morgan fingerprint density at radius 3 is 2.74 bits per heavy atom. The van der Waals surface area contributed by atoms with Gasteiger partial charge in [0.15, 0.2) is 5.02 Å². The maximum atomic E-state index is 13.8. The summed E-state index contributed by atoms with van der Waals surface area (Å²) in [6.45, 7) is 3.26. The molecule has 3 aromatic rings. The standard InChI is InChI=1S/C24H23ClF2N4O4/c1-24(2,34)9-20(32)31-13-28-18-6-3-14(7-19(18)31)10-30-12-29-22(21(25)23(30)33)35-11-15-4-5-16(26)8-17(15)27/h3-8,12,28,34H,9-11,13H2,1-2H3. The molecule has 8 nitrogen and oxygen atoms in total. The number of rotatable bonds is 7. The SMILES string of the molecule is CC(C)(O)CC(=O)N1CNc2ccc(Cn3cnc(OCc4ccc(F)cc4F)c(Cl)c3=O)cc21. The van der Waals surface area contributed by atoms with Gasteiger partial charge in [0.2, 0.25) is 11.8 Å². The first-order valence-corrected chi connectivity index (χ1v) is 11.1. The highest BCUT2D eigenvalue weighted by Gasteiger charge is 2.28. The molecule has 0 saturated heterocycles. The van der Waals surface area contributed by atoms with Crippen molar-refractivity contribution in [3.63, 3.8) is 0 Å². The number of halogens is 3. The van der Waals surface area contributed by atoms with Crippen LogP contribution in [0.4, 0.5) is 20.2 Å². The van der Waals surface area contributed by atoms with E-state index in [0.29, 0.717) is 5.69 Å². The van der Waals surface area contributed by atoms with E-state index in [0.717, 1.165) is 23.4 Å². The quantitative estimate of drug-likeness (QED) is 0.509. The van der Waals surface area contributed by atoms with Crippen LogP contribution in [0.15, 0.2) is 47.5 Å². The van der Waals surface area contributed by atoms with Crippen molar-refractivity contribution in [3.8, 4) is 5.88 Å². The van der Waals surface area contributed by atoms with E-state index >= 15 is 0 Å². The van der Waals surface area contributed by atoms with Crippen LogP contribution in [-0.4, -0.2) is 32.8 Å². The van der Waals surface area contributed by atoms with Crippen molar-refractivity contribution in [3.05, 3.63) is 80.9 Å². The number of anilines is 2. The molecule has 2 heterocycles. The fourth-order valence-corrected chi connectivity index (χ4v) is 3.84. The van der Waals surface area contributed by atoms with Crippen molar-refractivity contribution in [1.82, 2.24) is 9.55 Å². The Morgan fingerprint density at radius 1 is 1.26 bits per heavy atom. The molecular formula is C24H23ClF2N4O4. The minimum atomic E-state index is -1.14. The van der Waals surface area contributed by atoms with Crippen LogP contribution in [-0.2, 0) is 17.9 Å². The molecule has 0 aliphatic carbocycles. The molecule has 0 fully saturated rings. The molecule has 0 spiro atoms. The number of hydrogen-bond donors (Lipinski definition) is 2. The Morgan fingerprint density at radius 2 is 2.03 bits per heavy atom. The minimum Gasteiger partial charge on any atom is -0.471 e. The molecule has 1 aliphatic heterocycles. The summed E-state index contributed by atoms with van der Waals surface area (Å²) in [6.07, 6.45) is 1.22. The molecule has 184 valence electrons.